The second-order valence-electron chi connectivity index (χ2n) is 13.0. The number of aryl methyl sites for hydroxylation is 1. The minimum absolute atomic E-state index is 0.0664. The van der Waals surface area contributed by atoms with Crippen LogP contribution in [0, 0.1) is 11.8 Å². The second kappa shape index (κ2) is 10.9. The fourth-order valence-electron chi connectivity index (χ4n) is 7.44. The number of esters is 1. The highest BCUT2D eigenvalue weighted by molar-refractivity contribution is 6.00. The molecule has 1 amide bonds. The molecule has 3 fully saturated rings. The highest BCUT2D eigenvalue weighted by Crippen LogP contribution is 2.41. The van der Waals surface area contributed by atoms with Gasteiger partial charge in [0.05, 0.1) is 31.1 Å². The van der Waals surface area contributed by atoms with Gasteiger partial charge in [0.25, 0.3) is 5.91 Å². The Morgan fingerprint density at radius 1 is 0.913 bits per heavy atom. The summed E-state index contributed by atoms with van der Waals surface area (Å²) < 4.78 is 21.0. The number of amides is 1. The van der Waals surface area contributed by atoms with Gasteiger partial charge in [0.1, 0.15) is 16.9 Å². The van der Waals surface area contributed by atoms with Gasteiger partial charge in [0.15, 0.2) is 17.3 Å². The number of fused-ring (bicyclic) bond motifs is 4. The summed E-state index contributed by atoms with van der Waals surface area (Å²) in [5.74, 6) is 3.15. The Morgan fingerprint density at radius 2 is 1.74 bits per heavy atom. The lowest BCUT2D eigenvalue weighted by molar-refractivity contribution is -0.132. The van der Waals surface area contributed by atoms with E-state index < -0.39 is 5.97 Å². The van der Waals surface area contributed by atoms with Crippen molar-refractivity contribution in [1.82, 2.24) is 24.0 Å². The van der Waals surface area contributed by atoms with Gasteiger partial charge in [-0.15, -0.1) is 0 Å². The number of likely N-dealkylation sites (tertiary alicyclic amines) is 1. The molecule has 0 radical (unpaired) electrons. The van der Waals surface area contributed by atoms with E-state index in [9.17, 15) is 9.59 Å². The normalized spacial score (nSPS) is 18.9. The SMILES string of the molecule is COc1cc(-c2ccc3cc(-c4nc5cc(C(=O)N6CC7CCC6C7)cc(OC)c5n4C)n(CC4CC4)c3n2)ccc1OC(C)=O. The second-order valence-corrected chi connectivity index (χ2v) is 13.0. The molecule has 3 aromatic heterocycles. The van der Waals surface area contributed by atoms with Gasteiger partial charge in [-0.25, -0.2) is 9.97 Å². The lowest BCUT2D eigenvalue weighted by atomic mass is 10.1. The summed E-state index contributed by atoms with van der Waals surface area (Å²) >= 11 is 0. The van der Waals surface area contributed by atoms with Crippen molar-refractivity contribution < 1.29 is 23.8 Å². The topological polar surface area (TPSA) is 101 Å². The molecule has 0 N–H and O–H groups in total. The van der Waals surface area contributed by atoms with Crippen molar-refractivity contribution in [2.24, 2.45) is 18.9 Å². The first-order chi connectivity index (χ1) is 22.3. The van der Waals surface area contributed by atoms with Crippen molar-refractivity contribution in [3.8, 4) is 40.0 Å². The van der Waals surface area contributed by atoms with Gasteiger partial charge in [0.2, 0.25) is 0 Å². The van der Waals surface area contributed by atoms with Crippen LogP contribution in [0.5, 0.6) is 17.2 Å². The van der Waals surface area contributed by atoms with E-state index in [2.05, 4.69) is 26.2 Å². The van der Waals surface area contributed by atoms with E-state index in [1.54, 1.807) is 20.3 Å². The molecule has 8 rings (SSSR count). The molecule has 10 heteroatoms. The van der Waals surface area contributed by atoms with Gasteiger partial charge in [-0.1, -0.05) is 0 Å². The number of hydrogen-bond acceptors (Lipinski definition) is 7. The number of benzene rings is 2. The molecule has 2 aromatic carbocycles. The molecule has 2 atom stereocenters. The number of nitrogens with zero attached hydrogens (tertiary/aromatic N) is 5. The molecule has 236 valence electrons. The number of pyridine rings is 1. The third-order valence-corrected chi connectivity index (χ3v) is 9.90. The van der Waals surface area contributed by atoms with Crippen molar-refractivity contribution in [3.63, 3.8) is 0 Å². The van der Waals surface area contributed by atoms with E-state index in [1.165, 1.54) is 26.2 Å². The summed E-state index contributed by atoms with van der Waals surface area (Å²) in [6.07, 6.45) is 5.81. The Hall–Kier alpha value is -4.86. The molecule has 2 saturated carbocycles. The molecule has 3 aliphatic rings. The largest absolute Gasteiger partial charge is 0.494 e. The summed E-state index contributed by atoms with van der Waals surface area (Å²) in [7, 11) is 5.20. The highest BCUT2D eigenvalue weighted by Gasteiger charge is 2.40. The van der Waals surface area contributed by atoms with Crippen LogP contribution in [0.25, 0.3) is 44.8 Å². The predicted molar refractivity (Wildman–Crippen MR) is 174 cm³/mol. The molecule has 2 bridgehead atoms. The van der Waals surface area contributed by atoms with Crippen LogP contribution in [0.3, 0.4) is 0 Å². The number of rotatable bonds is 8. The van der Waals surface area contributed by atoms with Crippen molar-refractivity contribution in [2.45, 2.75) is 51.6 Å². The molecular weight excluding hydrogens is 582 g/mol. The molecule has 2 unspecified atom stereocenters. The van der Waals surface area contributed by atoms with Crippen molar-refractivity contribution >= 4 is 33.9 Å². The smallest absolute Gasteiger partial charge is 0.308 e. The number of ether oxygens (including phenoxy) is 3. The van der Waals surface area contributed by atoms with Crippen LogP contribution >= 0.6 is 0 Å². The fourth-order valence-corrected chi connectivity index (χ4v) is 7.44. The average molecular weight is 620 g/mol. The fraction of sp³-hybridized carbons (Fsp3) is 0.389. The van der Waals surface area contributed by atoms with Gasteiger partial charge in [-0.2, -0.15) is 0 Å². The van der Waals surface area contributed by atoms with Gasteiger partial charge in [0, 0.05) is 49.6 Å². The number of imidazole rings is 1. The molecule has 1 aliphatic heterocycles. The minimum Gasteiger partial charge on any atom is -0.494 e. The number of carbonyl (C=O) groups excluding carboxylic acids is 2. The van der Waals surface area contributed by atoms with Gasteiger partial charge in [-0.3, -0.25) is 9.59 Å². The average Bonchev–Trinajstić information content (AvgIpc) is 3.34. The Kier molecular flexibility index (Phi) is 6.77. The molecule has 2 aliphatic carbocycles. The van der Waals surface area contributed by atoms with Crippen LogP contribution in [0.1, 0.15) is 49.4 Å². The summed E-state index contributed by atoms with van der Waals surface area (Å²) in [4.78, 5) is 37.5. The van der Waals surface area contributed by atoms with Gasteiger partial charge >= 0.3 is 5.97 Å². The molecule has 5 aromatic rings. The molecular formula is C36H37N5O5. The Bertz CT molecular complexity index is 2040. The first kappa shape index (κ1) is 28.6. The van der Waals surface area contributed by atoms with E-state index in [4.69, 9.17) is 24.2 Å². The third kappa shape index (κ3) is 4.78. The molecule has 46 heavy (non-hydrogen) atoms. The quantitative estimate of drug-likeness (QED) is 0.150. The lowest BCUT2D eigenvalue weighted by Gasteiger charge is -2.27. The summed E-state index contributed by atoms with van der Waals surface area (Å²) in [6.45, 7) is 3.05. The Morgan fingerprint density at radius 3 is 2.43 bits per heavy atom. The van der Waals surface area contributed by atoms with Crippen LogP contribution in [-0.2, 0) is 18.4 Å². The van der Waals surface area contributed by atoms with Crippen molar-refractivity contribution in [3.05, 3.63) is 54.1 Å². The first-order valence-electron chi connectivity index (χ1n) is 16.0. The van der Waals surface area contributed by atoms with Crippen molar-refractivity contribution in [2.75, 3.05) is 20.8 Å². The van der Waals surface area contributed by atoms with Gasteiger partial charge in [-0.05, 0) is 92.5 Å². The summed E-state index contributed by atoms with van der Waals surface area (Å²) in [6, 6.07) is 15.8. The van der Waals surface area contributed by atoms with E-state index in [0.29, 0.717) is 40.7 Å². The highest BCUT2D eigenvalue weighted by atomic mass is 16.6. The van der Waals surface area contributed by atoms with E-state index in [0.717, 1.165) is 70.8 Å². The number of methoxy groups -OCH3 is 2. The maximum atomic E-state index is 13.7. The number of hydrogen-bond donors (Lipinski definition) is 0. The maximum absolute atomic E-state index is 13.7. The third-order valence-electron chi connectivity index (χ3n) is 9.90. The van der Waals surface area contributed by atoms with E-state index in [-0.39, 0.29) is 5.91 Å². The minimum atomic E-state index is -0.406. The first-order valence-corrected chi connectivity index (χ1v) is 16.0. The van der Waals surface area contributed by atoms with Crippen LogP contribution < -0.4 is 14.2 Å². The zero-order chi connectivity index (χ0) is 31.7. The van der Waals surface area contributed by atoms with Crippen LogP contribution in [0.2, 0.25) is 0 Å². The molecule has 4 heterocycles. The van der Waals surface area contributed by atoms with Crippen molar-refractivity contribution in [1.29, 1.82) is 0 Å². The number of carbonyl (C=O) groups is 2. The number of aromatic nitrogens is 4. The predicted octanol–water partition coefficient (Wildman–Crippen LogP) is 6.23. The van der Waals surface area contributed by atoms with Gasteiger partial charge < -0.3 is 28.2 Å². The number of piperidine rings is 1. The molecule has 1 saturated heterocycles. The zero-order valence-electron chi connectivity index (χ0n) is 26.6. The van der Waals surface area contributed by atoms with E-state index in [1.807, 2.05) is 37.4 Å². The maximum Gasteiger partial charge on any atom is 0.308 e. The van der Waals surface area contributed by atoms with E-state index >= 15 is 0 Å². The monoisotopic (exact) mass is 619 g/mol. The summed E-state index contributed by atoms with van der Waals surface area (Å²) in [5.41, 5.74) is 5.71. The summed E-state index contributed by atoms with van der Waals surface area (Å²) in [5, 5.41) is 1.02. The van der Waals surface area contributed by atoms with Crippen LogP contribution in [0.4, 0.5) is 0 Å². The lowest BCUT2D eigenvalue weighted by Crippen LogP contribution is -2.37. The Labute approximate surface area is 266 Å². The zero-order valence-corrected chi connectivity index (χ0v) is 26.6. The van der Waals surface area contributed by atoms with Crippen LogP contribution in [-0.4, -0.2) is 62.7 Å². The molecule has 10 nitrogen and oxygen atoms in total. The standard InChI is InChI=1S/C36H37N5O5/c1-20(42)46-30-12-9-23(16-31(30)44-3)27-11-8-24-15-29(41(34(24)37-27)18-21-5-6-21)35-38-28-14-25(17-32(45-4)33(28)39(35)2)36(43)40-19-22-7-10-26(40)13-22/h8-9,11-12,14-17,21-22,26H,5-7,10,13,18-19H2,1-4H3. The van der Waals surface area contributed by atoms with Crippen LogP contribution in [0.15, 0.2) is 48.5 Å². The Balaban J connectivity index is 1.22. The molecule has 0 spiro atoms.